The Kier molecular flexibility index (Phi) is 8.75. The van der Waals surface area contributed by atoms with Crippen molar-refractivity contribution in [2.45, 2.75) is 45.2 Å². The summed E-state index contributed by atoms with van der Waals surface area (Å²) in [4.78, 5) is 22.8. The first-order valence-electron chi connectivity index (χ1n) is 7.91. The van der Waals surface area contributed by atoms with Gasteiger partial charge in [-0.05, 0) is 32.3 Å². The van der Waals surface area contributed by atoms with E-state index < -0.39 is 5.97 Å². The van der Waals surface area contributed by atoms with Gasteiger partial charge in [0.25, 0.3) is 0 Å². The number of carboxylic acids is 1. The van der Waals surface area contributed by atoms with Crippen molar-refractivity contribution in [1.82, 2.24) is 10.6 Å². The first kappa shape index (κ1) is 19.0. The average Bonchev–Trinajstić information content (AvgIpc) is 2.51. The third-order valence-corrected chi connectivity index (χ3v) is 3.32. The van der Waals surface area contributed by atoms with E-state index in [2.05, 4.69) is 10.6 Å². The van der Waals surface area contributed by atoms with E-state index in [4.69, 9.17) is 9.84 Å². The summed E-state index contributed by atoms with van der Waals surface area (Å²) < 4.78 is 5.26. The monoisotopic (exact) mass is 322 g/mol. The highest BCUT2D eigenvalue weighted by molar-refractivity contribution is 5.74. The maximum Gasteiger partial charge on any atom is 0.315 e. The SMILES string of the molecule is CCOC[C@H](C)NC(=O)NC(CCC(=O)O)Cc1ccccc1. The van der Waals surface area contributed by atoms with Gasteiger partial charge < -0.3 is 20.5 Å². The Morgan fingerprint density at radius 1 is 1.22 bits per heavy atom. The van der Waals surface area contributed by atoms with Crippen molar-refractivity contribution < 1.29 is 19.4 Å². The van der Waals surface area contributed by atoms with E-state index in [1.807, 2.05) is 44.2 Å². The summed E-state index contributed by atoms with van der Waals surface area (Å²) in [6.45, 7) is 4.80. The molecule has 0 aliphatic rings. The fraction of sp³-hybridized carbons (Fsp3) is 0.529. The molecule has 0 aliphatic heterocycles. The number of benzene rings is 1. The van der Waals surface area contributed by atoms with E-state index in [1.54, 1.807) is 0 Å². The number of amides is 2. The van der Waals surface area contributed by atoms with Crippen LogP contribution in [0.3, 0.4) is 0 Å². The quantitative estimate of drug-likeness (QED) is 0.616. The summed E-state index contributed by atoms with van der Waals surface area (Å²) >= 11 is 0. The minimum absolute atomic E-state index is 0.0201. The molecule has 23 heavy (non-hydrogen) atoms. The van der Waals surface area contributed by atoms with Crippen LogP contribution in [0.2, 0.25) is 0 Å². The van der Waals surface area contributed by atoms with E-state index in [9.17, 15) is 9.59 Å². The van der Waals surface area contributed by atoms with Gasteiger partial charge in [0.05, 0.1) is 12.6 Å². The second-order valence-electron chi connectivity index (χ2n) is 5.50. The molecule has 6 heteroatoms. The molecule has 2 amide bonds. The van der Waals surface area contributed by atoms with Crippen molar-refractivity contribution in [2.24, 2.45) is 0 Å². The zero-order chi connectivity index (χ0) is 17.1. The normalized spacial score (nSPS) is 13.1. The lowest BCUT2D eigenvalue weighted by molar-refractivity contribution is -0.137. The number of hydrogen-bond donors (Lipinski definition) is 3. The van der Waals surface area contributed by atoms with Gasteiger partial charge in [-0.15, -0.1) is 0 Å². The van der Waals surface area contributed by atoms with Crippen LogP contribution < -0.4 is 10.6 Å². The highest BCUT2D eigenvalue weighted by Crippen LogP contribution is 2.08. The zero-order valence-electron chi connectivity index (χ0n) is 13.7. The predicted octanol–water partition coefficient (Wildman–Crippen LogP) is 2.19. The first-order chi connectivity index (χ1) is 11.0. The van der Waals surface area contributed by atoms with Gasteiger partial charge in [-0.2, -0.15) is 0 Å². The minimum Gasteiger partial charge on any atom is -0.481 e. The second-order valence-corrected chi connectivity index (χ2v) is 5.50. The van der Waals surface area contributed by atoms with Gasteiger partial charge in [-0.25, -0.2) is 4.79 Å². The Labute approximate surface area is 137 Å². The van der Waals surface area contributed by atoms with Crippen LogP contribution in [0.5, 0.6) is 0 Å². The molecule has 0 saturated heterocycles. The largest absolute Gasteiger partial charge is 0.481 e. The van der Waals surface area contributed by atoms with Gasteiger partial charge in [0.15, 0.2) is 0 Å². The second kappa shape index (κ2) is 10.6. The molecule has 1 aromatic rings. The summed E-state index contributed by atoms with van der Waals surface area (Å²) in [7, 11) is 0. The fourth-order valence-electron chi connectivity index (χ4n) is 2.21. The number of aliphatic carboxylic acids is 1. The zero-order valence-corrected chi connectivity index (χ0v) is 13.7. The summed E-state index contributed by atoms with van der Waals surface area (Å²) in [6.07, 6.45) is 1.01. The topological polar surface area (TPSA) is 87.7 Å². The molecule has 0 bridgehead atoms. The van der Waals surface area contributed by atoms with Gasteiger partial charge in [0.2, 0.25) is 0 Å². The average molecular weight is 322 g/mol. The molecular formula is C17H26N2O4. The Balaban J connectivity index is 2.54. The molecule has 3 N–H and O–H groups in total. The van der Waals surface area contributed by atoms with Gasteiger partial charge in [0, 0.05) is 19.1 Å². The Bertz CT molecular complexity index is 479. The van der Waals surface area contributed by atoms with Crippen LogP contribution in [0.15, 0.2) is 30.3 Å². The van der Waals surface area contributed by atoms with Crippen LogP contribution in [-0.4, -0.2) is 42.4 Å². The van der Waals surface area contributed by atoms with Crippen molar-refractivity contribution in [1.29, 1.82) is 0 Å². The van der Waals surface area contributed by atoms with Crippen molar-refractivity contribution in [2.75, 3.05) is 13.2 Å². The molecule has 0 aromatic heterocycles. The minimum atomic E-state index is -0.866. The van der Waals surface area contributed by atoms with E-state index in [-0.39, 0.29) is 24.5 Å². The lowest BCUT2D eigenvalue weighted by atomic mass is 10.0. The standard InChI is InChI=1S/C17H26N2O4/c1-3-23-12-13(2)18-17(22)19-15(9-10-16(20)21)11-14-7-5-4-6-8-14/h4-8,13,15H,3,9-12H2,1-2H3,(H,20,21)(H2,18,19,22)/t13-,15?/m0/s1. The van der Waals surface area contributed by atoms with E-state index in [0.29, 0.717) is 26.1 Å². The first-order valence-corrected chi connectivity index (χ1v) is 7.91. The molecule has 128 valence electrons. The van der Waals surface area contributed by atoms with Crippen molar-refractivity contribution in [3.63, 3.8) is 0 Å². The van der Waals surface area contributed by atoms with Gasteiger partial charge in [-0.1, -0.05) is 30.3 Å². The number of urea groups is 1. The van der Waals surface area contributed by atoms with Crippen LogP contribution in [-0.2, 0) is 16.0 Å². The van der Waals surface area contributed by atoms with Gasteiger partial charge in [0.1, 0.15) is 0 Å². The number of ether oxygens (including phenoxy) is 1. The number of rotatable bonds is 10. The molecule has 0 heterocycles. The molecule has 2 atom stereocenters. The van der Waals surface area contributed by atoms with Crippen LogP contribution in [0, 0.1) is 0 Å². The molecule has 0 spiro atoms. The summed E-state index contributed by atoms with van der Waals surface area (Å²) in [5.74, 6) is -0.866. The molecule has 1 aromatic carbocycles. The molecule has 0 radical (unpaired) electrons. The van der Waals surface area contributed by atoms with Gasteiger partial charge in [-0.3, -0.25) is 4.79 Å². The highest BCUT2D eigenvalue weighted by Gasteiger charge is 2.16. The van der Waals surface area contributed by atoms with Crippen LogP contribution in [0.25, 0.3) is 0 Å². The predicted molar refractivity (Wildman–Crippen MR) is 88.4 cm³/mol. The van der Waals surface area contributed by atoms with Crippen LogP contribution in [0.1, 0.15) is 32.3 Å². The van der Waals surface area contributed by atoms with E-state index >= 15 is 0 Å². The Hall–Kier alpha value is -2.08. The molecule has 1 unspecified atom stereocenters. The smallest absolute Gasteiger partial charge is 0.315 e. The third kappa shape index (κ3) is 8.83. The lowest BCUT2D eigenvalue weighted by Gasteiger charge is -2.21. The van der Waals surface area contributed by atoms with E-state index in [0.717, 1.165) is 5.56 Å². The molecule has 0 aliphatic carbocycles. The highest BCUT2D eigenvalue weighted by atomic mass is 16.5. The van der Waals surface area contributed by atoms with Crippen molar-refractivity contribution >= 4 is 12.0 Å². The maximum absolute atomic E-state index is 12.0. The lowest BCUT2D eigenvalue weighted by Crippen LogP contribution is -2.47. The van der Waals surface area contributed by atoms with Crippen molar-refractivity contribution in [3.8, 4) is 0 Å². The third-order valence-electron chi connectivity index (χ3n) is 3.32. The molecule has 1 rings (SSSR count). The van der Waals surface area contributed by atoms with E-state index in [1.165, 1.54) is 0 Å². The van der Waals surface area contributed by atoms with Crippen molar-refractivity contribution in [3.05, 3.63) is 35.9 Å². The number of nitrogens with one attached hydrogen (secondary N) is 2. The summed E-state index contributed by atoms with van der Waals surface area (Å²) in [5, 5.41) is 14.5. The maximum atomic E-state index is 12.0. The molecule has 6 nitrogen and oxygen atoms in total. The summed E-state index contributed by atoms with van der Waals surface area (Å²) in [5.41, 5.74) is 1.06. The Morgan fingerprint density at radius 2 is 1.91 bits per heavy atom. The molecule has 0 fully saturated rings. The fourth-order valence-corrected chi connectivity index (χ4v) is 2.21. The number of hydrogen-bond acceptors (Lipinski definition) is 3. The van der Waals surface area contributed by atoms with Gasteiger partial charge >= 0.3 is 12.0 Å². The van der Waals surface area contributed by atoms with Crippen LogP contribution in [0.4, 0.5) is 4.79 Å². The van der Waals surface area contributed by atoms with Crippen LogP contribution >= 0.6 is 0 Å². The summed E-state index contributed by atoms with van der Waals surface area (Å²) in [6, 6.07) is 9.06. The number of carbonyl (C=O) groups is 2. The molecule has 0 saturated carbocycles. The number of carbonyl (C=O) groups excluding carboxylic acids is 1. The Morgan fingerprint density at radius 3 is 2.52 bits per heavy atom. The molecular weight excluding hydrogens is 296 g/mol. The number of carboxylic acid groups (broad SMARTS) is 1.